The third-order valence-corrected chi connectivity index (χ3v) is 15.8. The Morgan fingerprint density at radius 1 is 0.500 bits per heavy atom. The zero-order chi connectivity index (χ0) is 67.6. The Morgan fingerprint density at radius 3 is 1.17 bits per heavy atom. The van der Waals surface area contributed by atoms with Crippen molar-refractivity contribution >= 4 is 120 Å². The van der Waals surface area contributed by atoms with Crippen molar-refractivity contribution in [3.05, 3.63) is 227 Å². The molecule has 3 heterocycles. The van der Waals surface area contributed by atoms with Crippen LogP contribution in [0.1, 0.15) is 157 Å². The fourth-order valence-electron chi connectivity index (χ4n) is 11.2. The summed E-state index contributed by atoms with van der Waals surface area (Å²) in [6.07, 6.45) is 11.7. The van der Waals surface area contributed by atoms with E-state index in [9.17, 15) is 43.2 Å². The van der Waals surface area contributed by atoms with Gasteiger partial charge in [0, 0.05) is 86.0 Å². The monoisotopic (exact) mass is 1370 g/mol. The van der Waals surface area contributed by atoms with Gasteiger partial charge >= 0.3 is 17.6 Å². The molecule has 5 amide bonds. The van der Waals surface area contributed by atoms with E-state index >= 15 is 0 Å². The molecule has 10 N–H and O–H groups in total. The molecule has 0 radical (unpaired) electrons. The molecule has 21 nitrogen and oxygen atoms in total. The first-order valence-corrected chi connectivity index (χ1v) is 31.6. The molecule has 9 aromatic rings. The summed E-state index contributed by atoms with van der Waals surface area (Å²) in [5.74, 6) is -1.38. The largest absolute Gasteiger partial charge is 0.457 e. The van der Waals surface area contributed by atoms with Gasteiger partial charge in [0.2, 0.25) is 16.3 Å². The van der Waals surface area contributed by atoms with Crippen molar-refractivity contribution < 1.29 is 43.0 Å². The number of ether oxygens (including phenoxy) is 3. The average Bonchev–Trinajstić information content (AvgIpc) is 0.827. The number of H-pyrrole nitrogens is 3. The maximum Gasteiger partial charge on any atom is 0.408 e. The minimum Gasteiger partial charge on any atom is -0.457 e. The molecule has 0 fully saturated rings. The quantitative estimate of drug-likeness (QED) is 0.0389. The highest BCUT2D eigenvalue weighted by atomic mass is 35.5. The van der Waals surface area contributed by atoms with Crippen molar-refractivity contribution in [2.24, 2.45) is 5.73 Å². The molecule has 0 saturated carbocycles. The van der Waals surface area contributed by atoms with Gasteiger partial charge in [0.1, 0.15) is 22.3 Å². The number of hydrogen-bond acceptors (Lipinski definition) is 13. The van der Waals surface area contributed by atoms with E-state index in [0.29, 0.717) is 49.8 Å². The van der Waals surface area contributed by atoms with Gasteiger partial charge in [-0.05, 0) is 185 Å². The summed E-state index contributed by atoms with van der Waals surface area (Å²) in [7, 11) is 2.55. The average molecular weight is 1370 g/mol. The van der Waals surface area contributed by atoms with Crippen molar-refractivity contribution in [3.8, 4) is 0 Å². The number of benzene rings is 6. The number of carbonyl (C=O) groups excluding carboxylic acids is 6. The molecule has 6 aromatic carbocycles. The molecule has 0 spiro atoms. The Labute approximate surface area is 570 Å². The Hall–Kier alpha value is -9.80. The van der Waals surface area contributed by atoms with Crippen molar-refractivity contribution in [1.82, 2.24) is 25.6 Å². The summed E-state index contributed by atoms with van der Waals surface area (Å²) in [4.78, 5) is 118. The number of nitrogens with two attached hydrogens (primary N) is 1. The highest BCUT2D eigenvalue weighted by molar-refractivity contribution is 6.61. The van der Waals surface area contributed by atoms with Crippen LogP contribution in [0.5, 0.6) is 0 Å². The van der Waals surface area contributed by atoms with Gasteiger partial charge in [0.05, 0.1) is 31.6 Å². The molecule has 0 saturated heterocycles. The number of hydrogen-bond donors (Lipinski definition) is 9. The maximum absolute atomic E-state index is 12.8. The standard InChI is InChI=1S/C25H27N3O4.C22H21N3O4.C20H19N3O2.C2H3ClO2.CH2Cl2.2CH4/c1-25(2,3)32-24(31)28-21-10-6-7-15-11-12-16(13-18(15)21)27-23(30)19-14-26-20-9-5-4-8-17(20)22(19)29;1-29-22(28)25-19-8-4-5-13-9-10-14(11-16(13)19)24-21(27)17-12-23-18-7-3-2-6-15(18)20(17)26;21-17-6-3-4-12-8-9-13(10-15(12)17)23-20(25)16-11-22-18-7-2-1-5-14(18)19(16)24;1-5-2(3)4;2-1-3;;/h4-5,8-9,11-14,21H,6-7,10H2,1-3H3,(H,26,29)(H,27,30)(H,28,31);2-3,6-7,9-12,19H,4-5,8H2,1H3,(H,23,26)(H,24,27)(H,25,28);1-2,5,7-11,17H,3-4,6,21H2,(H,22,24)(H,23,25);1H3;1H2;2*1H4. The number of para-hydroxylation sites is 3. The first kappa shape index (κ1) is 75.2. The number of fused-ring (bicyclic) bond motifs is 6. The molecule has 3 aliphatic rings. The number of alkyl carbamates (subject to hydrolysis) is 2. The van der Waals surface area contributed by atoms with Crippen LogP contribution < -0.4 is 48.6 Å². The predicted molar refractivity (Wildman–Crippen MR) is 381 cm³/mol. The number of aromatic nitrogens is 3. The molecule has 96 heavy (non-hydrogen) atoms. The number of rotatable bonds is 8. The summed E-state index contributed by atoms with van der Waals surface area (Å²) < 4.78 is 14.0. The summed E-state index contributed by atoms with van der Waals surface area (Å²) in [6, 6.07) is 38.0. The second-order valence-electron chi connectivity index (χ2n) is 23.0. The molecule has 3 unspecified atom stereocenters. The van der Waals surface area contributed by atoms with Gasteiger partial charge in [0.25, 0.3) is 17.7 Å². The Morgan fingerprint density at radius 2 is 0.823 bits per heavy atom. The SMILES string of the molecule is C.C.CC(C)(C)OC(=O)NC1CCCc2ccc(NC(=O)c3c[nH]c4ccccc4c3=O)cc21.COC(=O)Cl.COC(=O)NC1CCCc2ccc(NC(=O)c3c[nH]c4ccccc4c3=O)cc21.ClCCl.NC1CCCc2ccc(NC(=O)c3c[nH]c4ccccc4c3=O)cc21. The van der Waals surface area contributed by atoms with Crippen LogP contribution in [-0.2, 0) is 33.5 Å². The topological polar surface area (TPSA) is 315 Å². The second kappa shape index (κ2) is 35.1. The molecule has 3 atom stereocenters. The van der Waals surface area contributed by atoms with E-state index < -0.39 is 40.9 Å². The van der Waals surface area contributed by atoms with Crippen LogP contribution in [0.15, 0.2) is 160 Å². The summed E-state index contributed by atoms with van der Waals surface area (Å²) in [5, 5.41) is 15.9. The summed E-state index contributed by atoms with van der Waals surface area (Å²) >= 11 is 14.1. The van der Waals surface area contributed by atoms with E-state index in [-0.39, 0.29) is 71.3 Å². The lowest BCUT2D eigenvalue weighted by Crippen LogP contribution is -2.36. The number of halogens is 3. The minimum absolute atomic E-state index is 0. The van der Waals surface area contributed by atoms with E-state index in [0.717, 1.165) is 85.6 Å². The molecule has 24 heteroatoms. The number of alkyl halides is 2. The maximum atomic E-state index is 12.8. The fourth-order valence-corrected chi connectivity index (χ4v) is 11.2. The van der Waals surface area contributed by atoms with Gasteiger partial charge in [-0.25, -0.2) is 14.4 Å². The van der Waals surface area contributed by atoms with Crippen molar-refractivity contribution in [1.29, 1.82) is 0 Å². The number of amides is 5. The smallest absolute Gasteiger partial charge is 0.408 e. The number of carbonyl (C=O) groups is 6. The van der Waals surface area contributed by atoms with Crippen LogP contribution in [0.3, 0.4) is 0 Å². The first-order chi connectivity index (χ1) is 45.1. The van der Waals surface area contributed by atoms with Gasteiger partial charge in [-0.15, -0.1) is 23.2 Å². The lowest BCUT2D eigenvalue weighted by molar-refractivity contribution is 0.0498. The highest BCUT2D eigenvalue weighted by Crippen LogP contribution is 2.35. The van der Waals surface area contributed by atoms with Gasteiger partial charge < -0.3 is 61.5 Å². The zero-order valence-electron chi connectivity index (χ0n) is 52.3. The molecule has 3 aromatic heterocycles. The summed E-state index contributed by atoms with van der Waals surface area (Å²) in [5.41, 5.74) is 14.4. The second-order valence-corrected chi connectivity index (χ2v) is 24.2. The lowest BCUT2D eigenvalue weighted by atomic mass is 9.87. The molecular formula is C72H80Cl3N9O12. The minimum atomic E-state index is -0.773. The number of methoxy groups -OCH3 is 2. The molecule has 12 rings (SSSR count). The van der Waals surface area contributed by atoms with Crippen LogP contribution in [0, 0.1) is 0 Å². The number of pyridine rings is 3. The third kappa shape index (κ3) is 19.7. The van der Waals surface area contributed by atoms with Gasteiger partial charge in [0.15, 0.2) is 0 Å². The van der Waals surface area contributed by atoms with Crippen LogP contribution in [-0.4, -0.2) is 75.4 Å². The van der Waals surface area contributed by atoms with Crippen molar-refractivity contribution in [2.45, 2.75) is 117 Å². The van der Waals surface area contributed by atoms with Crippen molar-refractivity contribution in [3.63, 3.8) is 0 Å². The molecule has 0 bridgehead atoms. The predicted octanol–water partition coefficient (Wildman–Crippen LogP) is 15.0. The van der Waals surface area contributed by atoms with Crippen LogP contribution in [0.25, 0.3) is 32.7 Å². The summed E-state index contributed by atoms with van der Waals surface area (Å²) in [6.45, 7) is 5.47. The Balaban J connectivity index is 0.000000214. The van der Waals surface area contributed by atoms with Crippen LogP contribution in [0.2, 0.25) is 0 Å². The van der Waals surface area contributed by atoms with E-state index in [1.807, 2.05) is 99.6 Å². The first-order valence-electron chi connectivity index (χ1n) is 30.2. The van der Waals surface area contributed by atoms with Gasteiger partial charge in [-0.2, -0.15) is 0 Å². The van der Waals surface area contributed by atoms with Gasteiger partial charge in [-0.1, -0.05) is 69.5 Å². The van der Waals surface area contributed by atoms with E-state index in [4.69, 9.17) is 38.4 Å². The number of anilines is 3. The van der Waals surface area contributed by atoms with Gasteiger partial charge in [-0.3, -0.25) is 28.8 Å². The highest BCUT2D eigenvalue weighted by Gasteiger charge is 2.27. The molecule has 3 aliphatic carbocycles. The number of aromatic amines is 3. The Kier molecular flexibility index (Phi) is 27.5. The van der Waals surface area contributed by atoms with E-state index in [2.05, 4.69) is 57.9 Å². The number of aryl methyl sites for hydroxylation is 3. The van der Waals surface area contributed by atoms with E-state index in [1.165, 1.54) is 38.4 Å². The lowest BCUT2D eigenvalue weighted by Gasteiger charge is -2.28. The fraction of sp³-hybridized carbons (Fsp3) is 0.292. The zero-order valence-corrected chi connectivity index (χ0v) is 54.5. The molecular weight excluding hydrogens is 1290 g/mol. The van der Waals surface area contributed by atoms with Crippen molar-refractivity contribution in [2.75, 3.05) is 35.5 Å². The van der Waals surface area contributed by atoms with Crippen LogP contribution >= 0.6 is 34.8 Å². The molecule has 0 aliphatic heterocycles. The number of nitrogens with one attached hydrogen (secondary N) is 8. The third-order valence-electron chi connectivity index (χ3n) is 15.6. The van der Waals surface area contributed by atoms with Crippen LogP contribution in [0.4, 0.5) is 31.4 Å². The normalized spacial score (nSPS) is 14.7. The molecule has 506 valence electrons. The van der Waals surface area contributed by atoms with E-state index in [1.54, 1.807) is 48.5 Å². The Bertz CT molecular complexity index is 4450.